The summed E-state index contributed by atoms with van der Waals surface area (Å²) in [6, 6.07) is 18.9. The van der Waals surface area contributed by atoms with Crippen molar-refractivity contribution >= 4 is 17.8 Å². The van der Waals surface area contributed by atoms with Gasteiger partial charge in [-0.1, -0.05) is 67.6 Å². The molecule has 0 unspecified atom stereocenters. The first-order chi connectivity index (χ1) is 11.8. The van der Waals surface area contributed by atoms with Gasteiger partial charge in [0.05, 0.1) is 6.61 Å². The number of carbonyl (C=O) groups is 1. The largest absolute Gasteiger partial charge is 0.448 e. The SMILES string of the molecule is CCCOC(=O)N1NC(c2ccccc2)=NN=C1c1ccccc1. The third-order valence-electron chi connectivity index (χ3n) is 3.37. The van der Waals surface area contributed by atoms with E-state index < -0.39 is 6.09 Å². The second kappa shape index (κ2) is 7.41. The monoisotopic (exact) mass is 322 g/mol. The lowest BCUT2D eigenvalue weighted by atomic mass is 10.2. The van der Waals surface area contributed by atoms with Gasteiger partial charge in [-0.3, -0.25) is 5.43 Å². The molecule has 1 amide bonds. The predicted molar refractivity (Wildman–Crippen MR) is 92.6 cm³/mol. The molecule has 0 aromatic heterocycles. The number of carbonyl (C=O) groups excluding carboxylic acids is 1. The zero-order valence-electron chi connectivity index (χ0n) is 13.3. The zero-order valence-corrected chi connectivity index (χ0v) is 13.3. The first-order valence-corrected chi connectivity index (χ1v) is 7.79. The van der Waals surface area contributed by atoms with E-state index in [1.54, 1.807) is 0 Å². The molecule has 1 aliphatic heterocycles. The molecule has 1 heterocycles. The molecule has 0 aliphatic carbocycles. The number of rotatable bonds is 4. The third-order valence-corrected chi connectivity index (χ3v) is 3.37. The van der Waals surface area contributed by atoms with E-state index in [0.717, 1.165) is 17.5 Å². The van der Waals surface area contributed by atoms with Crippen LogP contribution in [0.5, 0.6) is 0 Å². The standard InChI is InChI=1S/C18H18N4O2/c1-2-13-24-18(23)22-17(15-11-7-4-8-12-15)20-19-16(21-22)14-9-5-3-6-10-14/h3-12H,2,13H2,1H3,(H,19,21). The molecule has 0 fully saturated rings. The highest BCUT2D eigenvalue weighted by atomic mass is 16.6. The fourth-order valence-electron chi connectivity index (χ4n) is 2.20. The van der Waals surface area contributed by atoms with Crippen LogP contribution in [0.25, 0.3) is 0 Å². The molecule has 0 saturated heterocycles. The zero-order chi connectivity index (χ0) is 16.8. The van der Waals surface area contributed by atoms with Gasteiger partial charge < -0.3 is 4.74 Å². The van der Waals surface area contributed by atoms with Crippen LogP contribution < -0.4 is 5.43 Å². The van der Waals surface area contributed by atoms with Crippen LogP contribution in [-0.4, -0.2) is 29.4 Å². The van der Waals surface area contributed by atoms with Gasteiger partial charge in [-0.25, -0.2) is 4.79 Å². The molecule has 1 aliphatic rings. The molecule has 2 aromatic carbocycles. The smallest absolute Gasteiger partial charge is 0.435 e. The van der Waals surface area contributed by atoms with Crippen molar-refractivity contribution in [3.8, 4) is 0 Å². The van der Waals surface area contributed by atoms with E-state index in [2.05, 4.69) is 15.6 Å². The van der Waals surface area contributed by atoms with E-state index in [1.807, 2.05) is 67.6 Å². The van der Waals surface area contributed by atoms with Crippen molar-refractivity contribution in [3.05, 3.63) is 71.8 Å². The predicted octanol–water partition coefficient (Wildman–Crippen LogP) is 3.16. The fourth-order valence-corrected chi connectivity index (χ4v) is 2.20. The van der Waals surface area contributed by atoms with E-state index in [4.69, 9.17) is 4.74 Å². The summed E-state index contributed by atoms with van der Waals surface area (Å²) in [5.41, 5.74) is 4.61. The molecule has 6 nitrogen and oxygen atoms in total. The highest BCUT2D eigenvalue weighted by Crippen LogP contribution is 2.12. The summed E-state index contributed by atoms with van der Waals surface area (Å²) in [5, 5.41) is 9.74. The summed E-state index contributed by atoms with van der Waals surface area (Å²) in [6.45, 7) is 2.29. The lowest BCUT2D eigenvalue weighted by molar-refractivity contribution is 0.116. The molecule has 122 valence electrons. The van der Waals surface area contributed by atoms with Gasteiger partial charge in [0.1, 0.15) is 0 Å². The average Bonchev–Trinajstić information content (AvgIpc) is 2.67. The number of benzene rings is 2. The summed E-state index contributed by atoms with van der Waals surface area (Å²) in [4.78, 5) is 12.4. The van der Waals surface area contributed by atoms with Crippen molar-refractivity contribution in [2.75, 3.05) is 6.61 Å². The second-order valence-corrected chi connectivity index (χ2v) is 5.17. The summed E-state index contributed by atoms with van der Waals surface area (Å²) in [7, 11) is 0. The summed E-state index contributed by atoms with van der Waals surface area (Å²) < 4.78 is 5.26. The van der Waals surface area contributed by atoms with Gasteiger partial charge >= 0.3 is 6.09 Å². The Bertz CT molecular complexity index is 757. The van der Waals surface area contributed by atoms with Crippen molar-refractivity contribution < 1.29 is 9.53 Å². The third kappa shape index (κ3) is 3.43. The number of nitrogens with zero attached hydrogens (tertiary/aromatic N) is 3. The number of amidine groups is 2. The minimum absolute atomic E-state index is 0.344. The summed E-state index contributed by atoms with van der Waals surface area (Å²) >= 11 is 0. The first kappa shape index (κ1) is 15.7. The maximum absolute atomic E-state index is 12.4. The molecule has 0 radical (unpaired) electrons. The molecule has 24 heavy (non-hydrogen) atoms. The number of hydrogen-bond donors (Lipinski definition) is 1. The molecular formula is C18H18N4O2. The number of hydrazine groups is 1. The average molecular weight is 322 g/mol. The Kier molecular flexibility index (Phi) is 4.86. The molecule has 0 atom stereocenters. The maximum Gasteiger partial charge on any atom is 0.435 e. The van der Waals surface area contributed by atoms with Gasteiger partial charge in [-0.2, -0.15) is 5.01 Å². The lowest BCUT2D eigenvalue weighted by Crippen LogP contribution is -2.52. The molecule has 1 N–H and O–H groups in total. The molecule has 3 rings (SSSR count). The van der Waals surface area contributed by atoms with Gasteiger partial charge in [0.15, 0.2) is 11.7 Å². The quantitative estimate of drug-likeness (QED) is 0.940. The Morgan fingerprint density at radius 1 is 1.00 bits per heavy atom. The Morgan fingerprint density at radius 3 is 2.25 bits per heavy atom. The molecular weight excluding hydrogens is 304 g/mol. The number of nitrogens with one attached hydrogen (secondary N) is 1. The van der Waals surface area contributed by atoms with Gasteiger partial charge in [0, 0.05) is 11.1 Å². The highest BCUT2D eigenvalue weighted by molar-refractivity contribution is 6.11. The van der Waals surface area contributed by atoms with Gasteiger partial charge in [0.2, 0.25) is 0 Å². The van der Waals surface area contributed by atoms with Crippen molar-refractivity contribution in [2.24, 2.45) is 10.2 Å². The molecule has 2 aromatic rings. The Morgan fingerprint density at radius 2 is 1.62 bits per heavy atom. The highest BCUT2D eigenvalue weighted by Gasteiger charge is 2.27. The maximum atomic E-state index is 12.4. The summed E-state index contributed by atoms with van der Waals surface area (Å²) in [5.74, 6) is 0.889. The van der Waals surface area contributed by atoms with E-state index in [9.17, 15) is 4.79 Å². The first-order valence-electron chi connectivity index (χ1n) is 7.79. The van der Waals surface area contributed by atoms with Crippen LogP contribution in [0.2, 0.25) is 0 Å². The van der Waals surface area contributed by atoms with E-state index >= 15 is 0 Å². The van der Waals surface area contributed by atoms with E-state index in [-0.39, 0.29) is 0 Å². The van der Waals surface area contributed by atoms with Crippen LogP contribution in [0.4, 0.5) is 4.79 Å². The molecule has 6 heteroatoms. The minimum atomic E-state index is -0.511. The van der Waals surface area contributed by atoms with Crippen LogP contribution in [0.3, 0.4) is 0 Å². The number of amides is 1. The van der Waals surface area contributed by atoms with Crippen LogP contribution in [0.15, 0.2) is 70.9 Å². The molecule has 0 bridgehead atoms. The van der Waals surface area contributed by atoms with E-state index in [1.165, 1.54) is 5.01 Å². The second-order valence-electron chi connectivity index (χ2n) is 5.17. The minimum Gasteiger partial charge on any atom is -0.448 e. The van der Waals surface area contributed by atoms with Gasteiger partial charge in [-0.05, 0) is 6.42 Å². The van der Waals surface area contributed by atoms with Gasteiger partial charge in [-0.15, -0.1) is 10.2 Å². The van der Waals surface area contributed by atoms with Gasteiger partial charge in [0.25, 0.3) is 0 Å². The van der Waals surface area contributed by atoms with Crippen molar-refractivity contribution in [1.29, 1.82) is 0 Å². The lowest BCUT2D eigenvalue weighted by Gasteiger charge is -2.27. The van der Waals surface area contributed by atoms with Crippen molar-refractivity contribution in [3.63, 3.8) is 0 Å². The summed E-state index contributed by atoms with van der Waals surface area (Å²) in [6.07, 6.45) is 0.236. The van der Waals surface area contributed by atoms with E-state index in [0.29, 0.717) is 18.3 Å². The van der Waals surface area contributed by atoms with Crippen molar-refractivity contribution in [1.82, 2.24) is 10.4 Å². The van der Waals surface area contributed by atoms with Crippen LogP contribution in [0.1, 0.15) is 24.5 Å². The topological polar surface area (TPSA) is 66.3 Å². The fraction of sp³-hybridized carbons (Fsp3) is 0.167. The van der Waals surface area contributed by atoms with Crippen LogP contribution in [0, 0.1) is 0 Å². The van der Waals surface area contributed by atoms with Crippen molar-refractivity contribution in [2.45, 2.75) is 13.3 Å². The Hall–Kier alpha value is -3.15. The molecule has 0 saturated carbocycles. The molecule has 0 spiro atoms. The Balaban J connectivity index is 1.94. The Labute approximate surface area is 140 Å². The van der Waals surface area contributed by atoms with Crippen LogP contribution >= 0.6 is 0 Å². The number of hydrogen-bond acceptors (Lipinski definition) is 5. The van der Waals surface area contributed by atoms with Crippen LogP contribution in [-0.2, 0) is 4.74 Å². The normalized spacial score (nSPS) is 13.6. The number of ether oxygens (including phenoxy) is 1.